The Balaban J connectivity index is 2.45. The molecule has 5 nitrogen and oxygen atoms in total. The van der Waals surface area contributed by atoms with E-state index in [0.29, 0.717) is 6.54 Å². The summed E-state index contributed by atoms with van der Waals surface area (Å²) in [5, 5.41) is 0. The van der Waals surface area contributed by atoms with E-state index in [0.717, 1.165) is 11.5 Å². The van der Waals surface area contributed by atoms with Crippen molar-refractivity contribution in [3.63, 3.8) is 0 Å². The molecule has 0 N–H and O–H groups in total. The summed E-state index contributed by atoms with van der Waals surface area (Å²) < 4.78 is 9.59. The third-order valence-electron chi connectivity index (χ3n) is 1.89. The highest BCUT2D eigenvalue weighted by Gasteiger charge is 2.10. The molecule has 5 heteroatoms. The Morgan fingerprint density at radius 1 is 1.71 bits per heavy atom. The maximum Gasteiger partial charge on any atom is 0.319 e. The van der Waals surface area contributed by atoms with Gasteiger partial charge in [-0.1, -0.05) is 0 Å². The van der Waals surface area contributed by atoms with E-state index >= 15 is 0 Å². The van der Waals surface area contributed by atoms with Gasteiger partial charge in [-0.3, -0.25) is 9.69 Å². The zero-order valence-corrected chi connectivity index (χ0v) is 8.61. The number of nitrogens with zero attached hydrogens (tertiary/aromatic N) is 2. The van der Waals surface area contributed by atoms with Gasteiger partial charge in [0.25, 0.3) is 0 Å². The number of hydrogen-bond donors (Lipinski definition) is 0. The molecular weight excluding hydrogens is 184 g/mol. The van der Waals surface area contributed by atoms with Gasteiger partial charge in [-0.05, 0) is 14.0 Å². The molecule has 0 aliphatic rings. The van der Waals surface area contributed by atoms with Crippen LogP contribution in [-0.2, 0) is 16.1 Å². The van der Waals surface area contributed by atoms with Crippen LogP contribution in [0.3, 0.4) is 0 Å². The summed E-state index contributed by atoms with van der Waals surface area (Å²) >= 11 is 0. The molecule has 1 aromatic rings. The number of aryl methyl sites for hydroxylation is 1. The van der Waals surface area contributed by atoms with Gasteiger partial charge in [0.15, 0.2) is 6.39 Å². The number of oxazole rings is 1. The highest BCUT2D eigenvalue weighted by atomic mass is 16.5. The number of esters is 1. The van der Waals surface area contributed by atoms with Gasteiger partial charge < -0.3 is 9.15 Å². The van der Waals surface area contributed by atoms with E-state index in [1.807, 2.05) is 18.9 Å². The normalized spacial score (nSPS) is 10.6. The van der Waals surface area contributed by atoms with Gasteiger partial charge in [0.2, 0.25) is 0 Å². The highest BCUT2D eigenvalue weighted by Crippen LogP contribution is 2.06. The molecule has 1 rings (SSSR count). The van der Waals surface area contributed by atoms with Gasteiger partial charge in [0, 0.05) is 6.54 Å². The van der Waals surface area contributed by atoms with E-state index in [1.165, 1.54) is 13.5 Å². The highest BCUT2D eigenvalue weighted by molar-refractivity contribution is 5.71. The predicted molar refractivity (Wildman–Crippen MR) is 49.6 cm³/mol. The summed E-state index contributed by atoms with van der Waals surface area (Å²) in [4.78, 5) is 16.8. The first-order chi connectivity index (χ1) is 6.63. The smallest absolute Gasteiger partial charge is 0.319 e. The van der Waals surface area contributed by atoms with E-state index in [4.69, 9.17) is 4.42 Å². The molecule has 0 aromatic carbocycles. The summed E-state index contributed by atoms with van der Waals surface area (Å²) in [5.41, 5.74) is 0.844. The Bertz CT molecular complexity index is 309. The van der Waals surface area contributed by atoms with Crippen molar-refractivity contribution in [2.24, 2.45) is 0 Å². The van der Waals surface area contributed by atoms with Crippen LogP contribution in [0.4, 0.5) is 0 Å². The first-order valence-electron chi connectivity index (χ1n) is 4.27. The van der Waals surface area contributed by atoms with Gasteiger partial charge >= 0.3 is 5.97 Å². The van der Waals surface area contributed by atoms with Crippen molar-refractivity contribution < 1.29 is 13.9 Å². The molecule has 0 bridgehead atoms. The van der Waals surface area contributed by atoms with E-state index < -0.39 is 0 Å². The van der Waals surface area contributed by atoms with Gasteiger partial charge in [0.1, 0.15) is 5.76 Å². The lowest BCUT2D eigenvalue weighted by atomic mass is 10.3. The average molecular weight is 198 g/mol. The van der Waals surface area contributed by atoms with Crippen molar-refractivity contribution >= 4 is 5.97 Å². The van der Waals surface area contributed by atoms with Crippen molar-refractivity contribution in [2.45, 2.75) is 13.5 Å². The summed E-state index contributed by atoms with van der Waals surface area (Å²) in [6.07, 6.45) is 1.40. The largest absolute Gasteiger partial charge is 0.468 e. The molecule has 1 heterocycles. The standard InChI is InChI=1S/C9H14N2O3/c1-7-8(10-6-14-7)4-11(2)5-9(12)13-3/h6H,4-5H2,1-3H3. The monoisotopic (exact) mass is 198 g/mol. The van der Waals surface area contributed by atoms with Crippen molar-refractivity contribution in [2.75, 3.05) is 20.7 Å². The number of likely N-dealkylation sites (N-methyl/N-ethyl adjacent to an activating group) is 1. The number of aromatic nitrogens is 1. The summed E-state index contributed by atoms with van der Waals surface area (Å²) in [7, 11) is 3.20. The van der Waals surface area contributed by atoms with Crippen molar-refractivity contribution in [1.29, 1.82) is 0 Å². The number of methoxy groups -OCH3 is 1. The predicted octanol–water partition coefficient (Wildman–Crippen LogP) is 0.588. The maximum atomic E-state index is 10.9. The molecule has 0 spiro atoms. The third-order valence-corrected chi connectivity index (χ3v) is 1.89. The van der Waals surface area contributed by atoms with Crippen LogP contribution < -0.4 is 0 Å². The first-order valence-corrected chi connectivity index (χ1v) is 4.27. The van der Waals surface area contributed by atoms with Crippen LogP contribution in [0.15, 0.2) is 10.8 Å². The van der Waals surface area contributed by atoms with Gasteiger partial charge in [-0.15, -0.1) is 0 Å². The van der Waals surface area contributed by atoms with E-state index in [1.54, 1.807) is 0 Å². The minimum Gasteiger partial charge on any atom is -0.468 e. The second-order valence-corrected chi connectivity index (χ2v) is 3.10. The second-order valence-electron chi connectivity index (χ2n) is 3.10. The summed E-state index contributed by atoms with van der Waals surface area (Å²) in [6.45, 7) is 2.68. The lowest BCUT2D eigenvalue weighted by Gasteiger charge is -2.13. The lowest BCUT2D eigenvalue weighted by molar-refractivity contribution is -0.141. The molecule has 0 aliphatic carbocycles. The second kappa shape index (κ2) is 4.76. The van der Waals surface area contributed by atoms with Crippen LogP contribution >= 0.6 is 0 Å². The first kappa shape index (κ1) is 10.7. The van der Waals surface area contributed by atoms with Gasteiger partial charge in [-0.2, -0.15) is 0 Å². The number of rotatable bonds is 4. The van der Waals surface area contributed by atoms with Crippen LogP contribution in [0, 0.1) is 6.92 Å². The zero-order valence-electron chi connectivity index (χ0n) is 8.61. The number of carbonyl (C=O) groups excluding carboxylic acids is 1. The minimum absolute atomic E-state index is 0.253. The molecule has 0 atom stereocenters. The third kappa shape index (κ3) is 2.85. The Morgan fingerprint density at radius 3 is 2.93 bits per heavy atom. The quantitative estimate of drug-likeness (QED) is 0.663. The van der Waals surface area contributed by atoms with Crippen LogP contribution in [0.2, 0.25) is 0 Å². The molecule has 0 amide bonds. The van der Waals surface area contributed by atoms with Crippen LogP contribution in [0.25, 0.3) is 0 Å². The molecule has 0 fully saturated rings. The van der Waals surface area contributed by atoms with Crippen molar-refractivity contribution in [1.82, 2.24) is 9.88 Å². The fraction of sp³-hybridized carbons (Fsp3) is 0.556. The number of hydrogen-bond acceptors (Lipinski definition) is 5. The average Bonchev–Trinajstić information content (AvgIpc) is 2.51. The molecule has 0 saturated carbocycles. The molecule has 0 saturated heterocycles. The number of ether oxygens (including phenoxy) is 1. The van der Waals surface area contributed by atoms with E-state index in [-0.39, 0.29) is 12.5 Å². The van der Waals surface area contributed by atoms with Crippen LogP contribution in [0.1, 0.15) is 11.5 Å². The van der Waals surface area contributed by atoms with E-state index in [9.17, 15) is 4.79 Å². The molecule has 0 radical (unpaired) electrons. The van der Waals surface area contributed by atoms with Crippen molar-refractivity contribution in [3.05, 3.63) is 17.8 Å². The molecule has 1 aromatic heterocycles. The van der Waals surface area contributed by atoms with E-state index in [2.05, 4.69) is 9.72 Å². The van der Waals surface area contributed by atoms with Crippen LogP contribution in [-0.4, -0.2) is 36.6 Å². The van der Waals surface area contributed by atoms with Crippen LogP contribution in [0.5, 0.6) is 0 Å². The Hall–Kier alpha value is -1.36. The Kier molecular flexibility index (Phi) is 3.64. The Morgan fingerprint density at radius 2 is 2.43 bits per heavy atom. The molecule has 78 valence electrons. The SMILES string of the molecule is COC(=O)CN(C)Cc1ncoc1C. The van der Waals surface area contributed by atoms with Crippen molar-refractivity contribution in [3.8, 4) is 0 Å². The molecule has 14 heavy (non-hydrogen) atoms. The fourth-order valence-electron chi connectivity index (χ4n) is 1.08. The zero-order chi connectivity index (χ0) is 10.6. The summed E-state index contributed by atoms with van der Waals surface area (Å²) in [5.74, 6) is 0.523. The minimum atomic E-state index is -0.256. The fourth-order valence-corrected chi connectivity index (χ4v) is 1.08. The molecule has 0 unspecified atom stereocenters. The molecule has 0 aliphatic heterocycles. The Labute approximate surface area is 82.7 Å². The number of carbonyl (C=O) groups is 1. The van der Waals surface area contributed by atoms with Gasteiger partial charge in [-0.25, -0.2) is 4.98 Å². The molecular formula is C9H14N2O3. The van der Waals surface area contributed by atoms with Gasteiger partial charge in [0.05, 0.1) is 19.3 Å². The lowest BCUT2D eigenvalue weighted by Crippen LogP contribution is -2.26. The topological polar surface area (TPSA) is 55.6 Å². The maximum absolute atomic E-state index is 10.9. The summed E-state index contributed by atoms with van der Waals surface area (Å²) in [6, 6.07) is 0.